The summed E-state index contributed by atoms with van der Waals surface area (Å²) in [5, 5.41) is 0.438. The van der Waals surface area contributed by atoms with Gasteiger partial charge in [-0.05, 0) is 72.7 Å². The lowest BCUT2D eigenvalue weighted by Gasteiger charge is -2.16. The molecule has 162 valence electrons. The van der Waals surface area contributed by atoms with Crippen molar-refractivity contribution in [3.63, 3.8) is 0 Å². The van der Waals surface area contributed by atoms with Gasteiger partial charge in [-0.1, -0.05) is 42.5 Å². The summed E-state index contributed by atoms with van der Waals surface area (Å²) in [6.45, 7) is 3.03. The van der Waals surface area contributed by atoms with Gasteiger partial charge in [-0.2, -0.15) is 0 Å². The van der Waals surface area contributed by atoms with Gasteiger partial charge < -0.3 is 14.4 Å². The van der Waals surface area contributed by atoms with Crippen molar-refractivity contribution >= 4 is 35.0 Å². The summed E-state index contributed by atoms with van der Waals surface area (Å²) in [5.74, 6) is 1.37. The molecule has 1 heterocycles. The topological polar surface area (TPSA) is 42.0 Å². The molecule has 3 aromatic rings. The van der Waals surface area contributed by atoms with Crippen molar-refractivity contribution in [1.82, 2.24) is 4.90 Å². The monoisotopic (exact) mass is 444 g/mol. The molecule has 32 heavy (non-hydrogen) atoms. The molecule has 0 unspecified atom stereocenters. The van der Waals surface area contributed by atoms with E-state index in [1.807, 2.05) is 91.9 Å². The van der Waals surface area contributed by atoms with Gasteiger partial charge in [0.1, 0.15) is 23.8 Å². The van der Waals surface area contributed by atoms with E-state index in [9.17, 15) is 4.79 Å². The van der Waals surface area contributed by atoms with E-state index in [2.05, 4.69) is 0 Å². The number of anilines is 1. The number of carbonyl (C=O) groups excluding carboxylic acids is 1. The molecule has 0 radical (unpaired) electrons. The third-order valence-corrected chi connectivity index (χ3v) is 5.56. The summed E-state index contributed by atoms with van der Waals surface area (Å²) >= 11 is 5.54. The lowest BCUT2D eigenvalue weighted by Crippen LogP contribution is -2.31. The molecule has 1 aliphatic rings. The molecule has 1 fully saturated rings. The summed E-state index contributed by atoms with van der Waals surface area (Å²) in [6, 6.07) is 25.0. The number of ether oxygens (including phenoxy) is 2. The van der Waals surface area contributed by atoms with Gasteiger partial charge in [-0.15, -0.1) is 0 Å². The average molecular weight is 445 g/mol. The van der Waals surface area contributed by atoms with Crippen LogP contribution < -0.4 is 14.4 Å². The first-order chi connectivity index (χ1) is 15.6. The maximum absolute atomic E-state index is 13.1. The van der Waals surface area contributed by atoms with E-state index in [-0.39, 0.29) is 5.91 Å². The largest absolute Gasteiger partial charge is 0.494 e. The Balaban J connectivity index is 1.48. The number of carbonyl (C=O) groups is 1. The highest BCUT2D eigenvalue weighted by atomic mass is 32.1. The van der Waals surface area contributed by atoms with Crippen LogP contribution in [0.25, 0.3) is 6.08 Å². The highest BCUT2D eigenvalue weighted by molar-refractivity contribution is 7.80. The fraction of sp³-hybridized carbons (Fsp3) is 0.154. The molecule has 0 N–H and O–H groups in total. The molecule has 1 saturated heterocycles. The smallest absolute Gasteiger partial charge is 0.281 e. The van der Waals surface area contributed by atoms with E-state index in [4.69, 9.17) is 21.7 Å². The zero-order valence-electron chi connectivity index (χ0n) is 18.0. The summed E-state index contributed by atoms with van der Waals surface area (Å²) in [4.78, 5) is 16.4. The first-order valence-corrected chi connectivity index (χ1v) is 10.8. The quantitative estimate of drug-likeness (QED) is 0.367. The molecule has 0 aliphatic carbocycles. The van der Waals surface area contributed by atoms with Gasteiger partial charge >= 0.3 is 0 Å². The summed E-state index contributed by atoms with van der Waals surface area (Å²) in [5.41, 5.74) is 3.23. The molecule has 0 spiro atoms. The standard InChI is InChI=1S/C26H24N2O3S/c1-3-30-22-15-11-21(12-16-22)28-25(29)24(27(2)26(28)32)17-19-9-13-23(14-10-19)31-18-20-7-5-4-6-8-20/h4-17H,3,18H2,1-2H3. The normalized spacial score (nSPS) is 14.9. The molecule has 1 amide bonds. The predicted molar refractivity (Wildman–Crippen MR) is 131 cm³/mol. The number of rotatable bonds is 7. The number of hydrogen-bond donors (Lipinski definition) is 0. The zero-order chi connectivity index (χ0) is 22.5. The van der Waals surface area contributed by atoms with E-state index >= 15 is 0 Å². The van der Waals surface area contributed by atoms with Gasteiger partial charge in [0.25, 0.3) is 5.91 Å². The van der Waals surface area contributed by atoms with Gasteiger partial charge in [0.2, 0.25) is 0 Å². The Labute approximate surface area is 193 Å². The number of likely N-dealkylation sites (N-methyl/N-ethyl adjacent to an activating group) is 1. The number of benzene rings is 3. The van der Waals surface area contributed by atoms with Gasteiger partial charge in [0, 0.05) is 7.05 Å². The van der Waals surface area contributed by atoms with Crippen LogP contribution in [-0.2, 0) is 11.4 Å². The SMILES string of the molecule is CCOc1ccc(N2C(=O)C(=Cc3ccc(OCc4ccccc4)cc3)N(C)C2=S)cc1. The maximum atomic E-state index is 13.1. The minimum atomic E-state index is -0.161. The van der Waals surface area contributed by atoms with Crippen LogP contribution >= 0.6 is 12.2 Å². The Kier molecular flexibility index (Phi) is 6.52. The second kappa shape index (κ2) is 9.66. The second-order valence-electron chi connectivity index (χ2n) is 7.28. The minimum absolute atomic E-state index is 0.161. The minimum Gasteiger partial charge on any atom is -0.494 e. The molecule has 6 heteroatoms. The number of amides is 1. The van der Waals surface area contributed by atoms with Crippen molar-refractivity contribution in [3.05, 3.63) is 95.7 Å². The lowest BCUT2D eigenvalue weighted by molar-refractivity contribution is -0.114. The fourth-order valence-electron chi connectivity index (χ4n) is 3.40. The first kappa shape index (κ1) is 21.6. The maximum Gasteiger partial charge on any atom is 0.281 e. The van der Waals surface area contributed by atoms with Crippen molar-refractivity contribution in [1.29, 1.82) is 0 Å². The molecule has 0 bridgehead atoms. The summed E-state index contributed by atoms with van der Waals surface area (Å²) in [7, 11) is 1.80. The van der Waals surface area contributed by atoms with E-state index in [0.717, 1.165) is 22.6 Å². The van der Waals surface area contributed by atoms with Crippen LogP contribution in [0.1, 0.15) is 18.1 Å². The molecule has 4 rings (SSSR count). The number of hydrogen-bond acceptors (Lipinski definition) is 4. The zero-order valence-corrected chi connectivity index (χ0v) is 18.8. The van der Waals surface area contributed by atoms with E-state index < -0.39 is 0 Å². The first-order valence-electron chi connectivity index (χ1n) is 10.4. The molecule has 1 aliphatic heterocycles. The van der Waals surface area contributed by atoms with E-state index in [1.165, 1.54) is 4.90 Å². The summed E-state index contributed by atoms with van der Waals surface area (Å²) < 4.78 is 11.3. The highest BCUT2D eigenvalue weighted by Gasteiger charge is 2.36. The van der Waals surface area contributed by atoms with Crippen molar-refractivity contribution in [3.8, 4) is 11.5 Å². The summed E-state index contributed by atoms with van der Waals surface area (Å²) in [6.07, 6.45) is 1.84. The van der Waals surface area contributed by atoms with Gasteiger partial charge in [-0.3, -0.25) is 9.69 Å². The van der Waals surface area contributed by atoms with Crippen molar-refractivity contribution < 1.29 is 14.3 Å². The third kappa shape index (κ3) is 4.65. The van der Waals surface area contributed by atoms with Gasteiger partial charge in [0.05, 0.1) is 12.3 Å². The Morgan fingerprint density at radius 1 is 0.875 bits per heavy atom. The molecular weight excluding hydrogens is 420 g/mol. The van der Waals surface area contributed by atoms with Crippen LogP contribution in [0.5, 0.6) is 11.5 Å². The van der Waals surface area contributed by atoms with Gasteiger partial charge in [-0.25, -0.2) is 0 Å². The Morgan fingerprint density at radius 3 is 2.16 bits per heavy atom. The molecule has 0 aromatic heterocycles. The average Bonchev–Trinajstić information content (AvgIpc) is 3.03. The molecule has 3 aromatic carbocycles. The van der Waals surface area contributed by atoms with Crippen LogP contribution in [0, 0.1) is 0 Å². The van der Waals surface area contributed by atoms with Crippen LogP contribution in [0.3, 0.4) is 0 Å². The van der Waals surface area contributed by atoms with Gasteiger partial charge in [0.15, 0.2) is 5.11 Å². The molecule has 0 saturated carbocycles. The Morgan fingerprint density at radius 2 is 1.50 bits per heavy atom. The second-order valence-corrected chi connectivity index (χ2v) is 7.65. The van der Waals surface area contributed by atoms with Crippen molar-refractivity contribution in [2.45, 2.75) is 13.5 Å². The van der Waals surface area contributed by atoms with Crippen LogP contribution in [0.4, 0.5) is 5.69 Å². The molecular formula is C26H24N2O3S. The van der Waals surface area contributed by atoms with Crippen LogP contribution in [-0.4, -0.2) is 29.6 Å². The van der Waals surface area contributed by atoms with E-state index in [0.29, 0.717) is 29.7 Å². The number of nitrogens with zero attached hydrogens (tertiary/aromatic N) is 2. The Hall–Kier alpha value is -3.64. The van der Waals surface area contributed by atoms with E-state index in [1.54, 1.807) is 11.9 Å². The van der Waals surface area contributed by atoms with Crippen LogP contribution in [0.15, 0.2) is 84.6 Å². The lowest BCUT2D eigenvalue weighted by atomic mass is 10.1. The van der Waals surface area contributed by atoms with Crippen molar-refractivity contribution in [2.24, 2.45) is 0 Å². The Bertz CT molecular complexity index is 1130. The van der Waals surface area contributed by atoms with Crippen molar-refractivity contribution in [2.75, 3.05) is 18.6 Å². The molecule has 5 nitrogen and oxygen atoms in total. The fourth-order valence-corrected chi connectivity index (χ4v) is 3.69. The number of thiocarbonyl (C=S) groups is 1. The van der Waals surface area contributed by atoms with Crippen LogP contribution in [0.2, 0.25) is 0 Å². The third-order valence-electron chi connectivity index (χ3n) is 5.10. The highest BCUT2D eigenvalue weighted by Crippen LogP contribution is 2.29. The molecule has 0 atom stereocenters. The predicted octanol–water partition coefficient (Wildman–Crippen LogP) is 5.27.